The maximum Gasteiger partial charge on any atom is 0.107 e. The molecule has 2 saturated heterocycles. The van der Waals surface area contributed by atoms with Gasteiger partial charge in [-0.05, 0) is 5.56 Å². The molecule has 4 heteroatoms. The molecule has 3 rings (SSSR count). The van der Waals surface area contributed by atoms with Crippen molar-refractivity contribution in [3.05, 3.63) is 35.9 Å². The third kappa shape index (κ3) is 2.02. The maximum atomic E-state index is 2.31. The molecule has 16 heavy (non-hydrogen) atoms. The van der Waals surface area contributed by atoms with E-state index in [0.717, 1.165) is 4.58 Å². The van der Waals surface area contributed by atoms with Crippen LogP contribution in [0.2, 0.25) is 0 Å². The van der Waals surface area contributed by atoms with Crippen LogP contribution in [-0.4, -0.2) is 27.6 Å². The highest BCUT2D eigenvalue weighted by molar-refractivity contribution is 8.26. The van der Waals surface area contributed by atoms with Crippen LogP contribution in [0.1, 0.15) is 5.56 Å². The Morgan fingerprint density at radius 1 is 0.875 bits per heavy atom. The summed E-state index contributed by atoms with van der Waals surface area (Å²) in [6.45, 7) is 0. The van der Waals surface area contributed by atoms with Crippen LogP contribution < -0.4 is 0 Å². The number of hydrogen-bond donors (Lipinski definition) is 0. The Morgan fingerprint density at radius 3 is 2.12 bits per heavy atom. The molecule has 2 heterocycles. The van der Waals surface area contributed by atoms with Crippen molar-refractivity contribution in [1.82, 2.24) is 0 Å². The first-order valence-electron chi connectivity index (χ1n) is 5.48. The highest BCUT2D eigenvalue weighted by Gasteiger charge is 2.46. The number of benzene rings is 1. The number of fused-ring (bicyclic) bond motifs is 1. The summed E-state index contributed by atoms with van der Waals surface area (Å²) in [5, 5.41) is 0. The zero-order valence-electron chi connectivity index (χ0n) is 8.93. The van der Waals surface area contributed by atoms with Crippen molar-refractivity contribution in [3.63, 3.8) is 0 Å². The normalized spacial score (nSPS) is 34.4. The van der Waals surface area contributed by atoms with Crippen molar-refractivity contribution in [1.29, 1.82) is 0 Å². The lowest BCUT2D eigenvalue weighted by atomic mass is 10.1. The van der Waals surface area contributed by atoms with Crippen LogP contribution >= 0.6 is 47.0 Å². The topological polar surface area (TPSA) is 0 Å². The largest absolute Gasteiger partial charge is 0.144 e. The fourth-order valence-electron chi connectivity index (χ4n) is 2.12. The summed E-state index contributed by atoms with van der Waals surface area (Å²) in [5.41, 5.74) is 1.52. The van der Waals surface area contributed by atoms with Crippen molar-refractivity contribution in [3.8, 4) is 0 Å². The van der Waals surface area contributed by atoms with E-state index in [2.05, 4.69) is 77.4 Å². The molecule has 0 N–H and O–H groups in total. The molecule has 2 aliphatic rings. The van der Waals surface area contributed by atoms with Gasteiger partial charge in [-0.3, -0.25) is 0 Å². The molecule has 0 amide bonds. The average molecular weight is 287 g/mol. The molecule has 0 aliphatic carbocycles. The van der Waals surface area contributed by atoms with Crippen LogP contribution in [0.15, 0.2) is 30.3 Å². The molecule has 0 spiro atoms. The van der Waals surface area contributed by atoms with Gasteiger partial charge < -0.3 is 0 Å². The van der Waals surface area contributed by atoms with Crippen molar-refractivity contribution in [2.45, 2.75) is 8.66 Å². The van der Waals surface area contributed by atoms with Gasteiger partial charge in [-0.15, -0.1) is 47.0 Å². The molecular weight excluding hydrogens is 272 g/mol. The third-order valence-corrected chi connectivity index (χ3v) is 10.3. The third-order valence-electron chi connectivity index (χ3n) is 2.82. The summed E-state index contributed by atoms with van der Waals surface area (Å²) in [7, 11) is 0. The lowest BCUT2D eigenvalue weighted by molar-refractivity contribution is 0.962. The van der Waals surface area contributed by atoms with Crippen molar-refractivity contribution < 1.29 is 0 Å². The molecule has 0 atom stereocenters. The number of rotatable bonds is 1. The molecule has 2 aliphatic heterocycles. The molecule has 0 aromatic heterocycles. The van der Waals surface area contributed by atoms with Crippen molar-refractivity contribution in [2.24, 2.45) is 0 Å². The van der Waals surface area contributed by atoms with Gasteiger partial charge in [-0.25, -0.2) is 0 Å². The second kappa shape index (κ2) is 5.09. The molecule has 86 valence electrons. The lowest BCUT2D eigenvalue weighted by Crippen LogP contribution is -2.36. The van der Waals surface area contributed by atoms with E-state index in [1.807, 2.05) is 0 Å². The van der Waals surface area contributed by atoms with E-state index < -0.39 is 0 Å². The molecular formula is C12H14S4. The van der Waals surface area contributed by atoms with E-state index in [-0.39, 0.29) is 0 Å². The zero-order valence-corrected chi connectivity index (χ0v) is 12.2. The second-order valence-electron chi connectivity index (χ2n) is 3.80. The molecule has 0 unspecified atom stereocenters. The van der Waals surface area contributed by atoms with Gasteiger partial charge >= 0.3 is 0 Å². The minimum atomic E-state index is 0.326. The minimum Gasteiger partial charge on any atom is -0.144 e. The van der Waals surface area contributed by atoms with Crippen LogP contribution in [0.5, 0.6) is 0 Å². The van der Waals surface area contributed by atoms with E-state index in [0.29, 0.717) is 4.08 Å². The Kier molecular flexibility index (Phi) is 3.72. The first-order chi connectivity index (χ1) is 7.92. The fourth-order valence-corrected chi connectivity index (χ4v) is 9.60. The monoisotopic (exact) mass is 286 g/mol. The Balaban J connectivity index is 1.98. The Bertz CT molecular complexity index is 339. The van der Waals surface area contributed by atoms with Gasteiger partial charge in [0.1, 0.15) is 4.08 Å². The molecule has 0 radical (unpaired) electrons. The standard InChI is InChI=1S/C12H14S4/c1-2-4-10(5-3-1)12-11(13-6-8-15-12)14-7-9-16-12/h1-5,11H,6-9H2. The fraction of sp³-hybridized carbons (Fsp3) is 0.500. The van der Waals surface area contributed by atoms with Gasteiger partial charge in [0.05, 0.1) is 4.58 Å². The van der Waals surface area contributed by atoms with Crippen molar-refractivity contribution >= 4 is 47.0 Å². The van der Waals surface area contributed by atoms with E-state index in [1.165, 1.54) is 28.6 Å². The molecule has 0 bridgehead atoms. The van der Waals surface area contributed by atoms with E-state index >= 15 is 0 Å². The first-order valence-corrected chi connectivity index (χ1v) is 9.55. The molecule has 0 saturated carbocycles. The van der Waals surface area contributed by atoms with Crippen LogP contribution in [0.3, 0.4) is 0 Å². The molecule has 0 nitrogen and oxygen atoms in total. The molecule has 1 aromatic rings. The van der Waals surface area contributed by atoms with Crippen LogP contribution in [-0.2, 0) is 4.08 Å². The Labute approximate surface area is 114 Å². The van der Waals surface area contributed by atoms with Gasteiger partial charge in [0.15, 0.2) is 0 Å². The maximum absolute atomic E-state index is 2.31. The lowest BCUT2D eigenvalue weighted by Gasteiger charge is -2.45. The van der Waals surface area contributed by atoms with E-state index in [4.69, 9.17) is 0 Å². The predicted octanol–water partition coefficient (Wildman–Crippen LogP) is 4.13. The molecule has 1 aromatic carbocycles. The summed E-state index contributed by atoms with van der Waals surface area (Å²) in [6.07, 6.45) is 0. The van der Waals surface area contributed by atoms with E-state index in [9.17, 15) is 0 Å². The quantitative estimate of drug-likeness (QED) is 0.761. The first kappa shape index (κ1) is 11.7. The smallest absolute Gasteiger partial charge is 0.107 e. The highest BCUT2D eigenvalue weighted by atomic mass is 32.2. The highest BCUT2D eigenvalue weighted by Crippen LogP contribution is 2.61. The summed E-state index contributed by atoms with van der Waals surface area (Å²) >= 11 is 8.66. The van der Waals surface area contributed by atoms with Gasteiger partial charge in [0, 0.05) is 23.0 Å². The second-order valence-corrected chi connectivity index (χ2v) is 9.47. The van der Waals surface area contributed by atoms with Gasteiger partial charge in [-0.1, -0.05) is 30.3 Å². The Hall–Kier alpha value is 0.620. The summed E-state index contributed by atoms with van der Waals surface area (Å²) < 4.78 is 1.07. The van der Waals surface area contributed by atoms with Crippen molar-refractivity contribution in [2.75, 3.05) is 23.0 Å². The van der Waals surface area contributed by atoms with Gasteiger partial charge in [0.2, 0.25) is 0 Å². The summed E-state index contributed by atoms with van der Waals surface area (Å²) in [4.78, 5) is 0. The van der Waals surface area contributed by atoms with Gasteiger partial charge in [0.25, 0.3) is 0 Å². The van der Waals surface area contributed by atoms with E-state index in [1.54, 1.807) is 0 Å². The minimum absolute atomic E-state index is 0.326. The predicted molar refractivity (Wildman–Crippen MR) is 81.7 cm³/mol. The molecule has 2 fully saturated rings. The van der Waals surface area contributed by atoms with Crippen LogP contribution in [0, 0.1) is 0 Å². The number of thioether (sulfide) groups is 4. The summed E-state index contributed by atoms with van der Waals surface area (Å²) in [6, 6.07) is 11.1. The summed E-state index contributed by atoms with van der Waals surface area (Å²) in [5.74, 6) is 5.22. The van der Waals surface area contributed by atoms with Gasteiger partial charge in [-0.2, -0.15) is 0 Å². The van der Waals surface area contributed by atoms with Crippen LogP contribution in [0.4, 0.5) is 0 Å². The number of hydrogen-bond acceptors (Lipinski definition) is 4. The zero-order chi connectivity index (χ0) is 10.8. The van der Waals surface area contributed by atoms with Crippen LogP contribution in [0.25, 0.3) is 0 Å². The Morgan fingerprint density at radius 2 is 1.50 bits per heavy atom. The average Bonchev–Trinajstić information content (AvgIpc) is 2.40. The SMILES string of the molecule is c1ccc(C23SCCSC2SCCS3)cc1.